The zero-order chi connectivity index (χ0) is 16.0. The quantitative estimate of drug-likeness (QED) is 0.677. The van der Waals surface area contributed by atoms with Gasteiger partial charge in [0.25, 0.3) is 0 Å². The summed E-state index contributed by atoms with van der Waals surface area (Å²) in [5.74, 6) is 1.68. The summed E-state index contributed by atoms with van der Waals surface area (Å²) in [5.41, 5.74) is 4.86. The Morgan fingerprint density at radius 2 is 2.04 bits per heavy atom. The van der Waals surface area contributed by atoms with Gasteiger partial charge in [0.1, 0.15) is 11.6 Å². The van der Waals surface area contributed by atoms with Crippen LogP contribution in [0, 0.1) is 23.6 Å². The molecule has 0 aromatic heterocycles. The molecule has 3 atom stereocenters. The molecule has 1 aromatic carbocycles. The highest BCUT2D eigenvalue weighted by atomic mass is 19.1. The minimum atomic E-state index is -0.157. The molecule has 4 rings (SSSR count). The third-order valence-electron chi connectivity index (χ3n) is 5.97. The average Bonchev–Trinajstić information content (AvgIpc) is 2.70. The first-order valence-corrected chi connectivity index (χ1v) is 8.81. The molecule has 0 heterocycles. The second-order valence-corrected chi connectivity index (χ2v) is 7.47. The third kappa shape index (κ3) is 2.69. The molecular formula is C21H23FO. The van der Waals surface area contributed by atoms with Crippen molar-refractivity contribution in [2.45, 2.75) is 45.4 Å². The van der Waals surface area contributed by atoms with Crippen LogP contribution in [0.25, 0.3) is 11.6 Å². The molecule has 3 aliphatic carbocycles. The number of Topliss-reactive ketones (excluding diaryl/α,β-unsaturated/α-hetero) is 1. The summed E-state index contributed by atoms with van der Waals surface area (Å²) in [5, 5.41) is 0. The molecule has 120 valence electrons. The zero-order valence-corrected chi connectivity index (χ0v) is 13.6. The van der Waals surface area contributed by atoms with Crippen molar-refractivity contribution in [1.82, 2.24) is 0 Å². The fourth-order valence-electron chi connectivity index (χ4n) is 4.78. The SMILES string of the molecule is CC1=Cc2ccc(F)cc2C(C2CCC3CC2CCC3=O)=CC1. The van der Waals surface area contributed by atoms with Crippen LogP contribution in [0.5, 0.6) is 0 Å². The van der Waals surface area contributed by atoms with Crippen molar-refractivity contribution < 1.29 is 9.18 Å². The highest BCUT2D eigenvalue weighted by Crippen LogP contribution is 2.48. The van der Waals surface area contributed by atoms with E-state index in [-0.39, 0.29) is 5.82 Å². The Bertz CT molecular complexity index is 713. The van der Waals surface area contributed by atoms with Crippen LogP contribution in [0.3, 0.4) is 0 Å². The van der Waals surface area contributed by atoms with Gasteiger partial charge in [0.2, 0.25) is 0 Å². The number of hydrogen-bond acceptors (Lipinski definition) is 1. The second-order valence-electron chi connectivity index (χ2n) is 7.47. The molecule has 2 saturated carbocycles. The fraction of sp³-hybridized carbons (Fsp3) is 0.476. The lowest BCUT2D eigenvalue weighted by Crippen LogP contribution is -2.34. The Morgan fingerprint density at radius 3 is 2.91 bits per heavy atom. The van der Waals surface area contributed by atoms with Gasteiger partial charge in [-0.3, -0.25) is 4.79 Å². The number of carbonyl (C=O) groups is 1. The predicted molar refractivity (Wildman–Crippen MR) is 91.2 cm³/mol. The van der Waals surface area contributed by atoms with E-state index in [1.54, 1.807) is 12.1 Å². The Kier molecular flexibility index (Phi) is 3.71. The van der Waals surface area contributed by atoms with E-state index in [9.17, 15) is 9.18 Å². The molecule has 3 aliphatic rings. The highest BCUT2D eigenvalue weighted by molar-refractivity contribution is 5.83. The number of benzene rings is 1. The maximum absolute atomic E-state index is 13.9. The smallest absolute Gasteiger partial charge is 0.135 e. The molecule has 0 radical (unpaired) electrons. The predicted octanol–water partition coefficient (Wildman–Crippen LogP) is 5.41. The van der Waals surface area contributed by atoms with Crippen molar-refractivity contribution in [3.8, 4) is 0 Å². The molecular weight excluding hydrogens is 287 g/mol. The van der Waals surface area contributed by atoms with E-state index in [1.165, 1.54) is 11.1 Å². The molecule has 0 aliphatic heterocycles. The molecule has 0 amide bonds. The Labute approximate surface area is 137 Å². The van der Waals surface area contributed by atoms with Gasteiger partial charge in [-0.15, -0.1) is 0 Å². The van der Waals surface area contributed by atoms with Gasteiger partial charge in [-0.1, -0.05) is 23.8 Å². The van der Waals surface area contributed by atoms with Crippen LogP contribution >= 0.6 is 0 Å². The maximum atomic E-state index is 13.9. The topological polar surface area (TPSA) is 17.1 Å². The number of rotatable bonds is 1. The summed E-state index contributed by atoms with van der Waals surface area (Å²) in [6.45, 7) is 2.14. The van der Waals surface area contributed by atoms with Crippen molar-refractivity contribution >= 4 is 17.4 Å². The number of halogens is 1. The number of allylic oxidation sites excluding steroid dienone is 3. The first-order valence-electron chi connectivity index (χ1n) is 8.81. The summed E-state index contributed by atoms with van der Waals surface area (Å²) in [6, 6.07) is 5.17. The van der Waals surface area contributed by atoms with Crippen molar-refractivity contribution in [3.05, 3.63) is 46.8 Å². The van der Waals surface area contributed by atoms with Crippen LogP contribution in [-0.2, 0) is 4.79 Å². The first kappa shape index (κ1) is 14.9. The van der Waals surface area contributed by atoms with E-state index in [2.05, 4.69) is 19.1 Å². The van der Waals surface area contributed by atoms with Gasteiger partial charge in [0.15, 0.2) is 0 Å². The standard InChI is InChI=1S/C21H23FO/c1-13-2-7-19(20-12-17(22)6-3-14(20)10-13)18-8-4-16-11-15(18)5-9-21(16)23/h3,6-7,10,12,15-16,18H,2,4-5,8-9,11H2,1H3. The maximum Gasteiger partial charge on any atom is 0.135 e. The van der Waals surface area contributed by atoms with Gasteiger partial charge >= 0.3 is 0 Å². The summed E-state index contributed by atoms with van der Waals surface area (Å²) in [4.78, 5) is 12.0. The van der Waals surface area contributed by atoms with E-state index in [0.717, 1.165) is 49.7 Å². The van der Waals surface area contributed by atoms with Crippen molar-refractivity contribution in [1.29, 1.82) is 0 Å². The van der Waals surface area contributed by atoms with Crippen LogP contribution in [0.15, 0.2) is 29.8 Å². The molecule has 2 heteroatoms. The van der Waals surface area contributed by atoms with Gasteiger partial charge in [-0.25, -0.2) is 4.39 Å². The summed E-state index contributed by atoms with van der Waals surface area (Å²) < 4.78 is 13.9. The van der Waals surface area contributed by atoms with Crippen LogP contribution in [-0.4, -0.2) is 5.78 Å². The summed E-state index contributed by atoms with van der Waals surface area (Å²) in [7, 11) is 0. The molecule has 2 bridgehead atoms. The van der Waals surface area contributed by atoms with Crippen molar-refractivity contribution in [3.63, 3.8) is 0 Å². The van der Waals surface area contributed by atoms with Crippen molar-refractivity contribution in [2.24, 2.45) is 17.8 Å². The molecule has 0 spiro atoms. The normalized spacial score (nSPS) is 30.2. The van der Waals surface area contributed by atoms with Crippen LogP contribution in [0.1, 0.15) is 56.6 Å². The van der Waals surface area contributed by atoms with E-state index in [4.69, 9.17) is 0 Å². The van der Waals surface area contributed by atoms with Crippen LogP contribution in [0.4, 0.5) is 4.39 Å². The molecule has 0 saturated heterocycles. The minimum absolute atomic E-state index is 0.157. The Morgan fingerprint density at radius 1 is 1.17 bits per heavy atom. The number of carbonyl (C=O) groups excluding carboxylic acids is 1. The molecule has 1 nitrogen and oxygen atoms in total. The monoisotopic (exact) mass is 310 g/mol. The number of fused-ring (bicyclic) bond motifs is 3. The van der Waals surface area contributed by atoms with Crippen molar-refractivity contribution in [2.75, 3.05) is 0 Å². The molecule has 23 heavy (non-hydrogen) atoms. The van der Waals surface area contributed by atoms with E-state index < -0.39 is 0 Å². The van der Waals surface area contributed by atoms with Gasteiger partial charge < -0.3 is 0 Å². The van der Waals surface area contributed by atoms with Gasteiger partial charge in [-0.2, -0.15) is 0 Å². The Hall–Kier alpha value is -1.70. The highest BCUT2D eigenvalue weighted by Gasteiger charge is 2.39. The lowest BCUT2D eigenvalue weighted by atomic mass is 9.63. The molecule has 1 aromatic rings. The van der Waals surface area contributed by atoms with E-state index >= 15 is 0 Å². The molecule has 3 unspecified atom stereocenters. The molecule has 0 N–H and O–H groups in total. The van der Waals surface area contributed by atoms with E-state index in [0.29, 0.717) is 23.5 Å². The van der Waals surface area contributed by atoms with Gasteiger partial charge in [0, 0.05) is 12.3 Å². The number of hydrogen-bond donors (Lipinski definition) is 0. The lowest BCUT2D eigenvalue weighted by molar-refractivity contribution is -0.127. The van der Waals surface area contributed by atoms with Gasteiger partial charge in [0.05, 0.1) is 0 Å². The zero-order valence-electron chi connectivity index (χ0n) is 13.6. The third-order valence-corrected chi connectivity index (χ3v) is 5.97. The summed E-state index contributed by atoms with van der Waals surface area (Å²) >= 11 is 0. The minimum Gasteiger partial charge on any atom is -0.299 e. The first-order chi connectivity index (χ1) is 11.1. The fourth-order valence-corrected chi connectivity index (χ4v) is 4.78. The summed E-state index contributed by atoms with van der Waals surface area (Å²) in [6.07, 6.45) is 10.3. The molecule has 2 fully saturated rings. The lowest BCUT2D eigenvalue weighted by Gasteiger charge is -2.41. The number of ketones is 1. The van der Waals surface area contributed by atoms with Crippen LogP contribution in [0.2, 0.25) is 0 Å². The average molecular weight is 310 g/mol. The van der Waals surface area contributed by atoms with Gasteiger partial charge in [-0.05, 0) is 79.7 Å². The van der Waals surface area contributed by atoms with Crippen LogP contribution < -0.4 is 0 Å². The second kappa shape index (κ2) is 5.74. The largest absolute Gasteiger partial charge is 0.299 e. The Balaban J connectivity index is 1.72. The van der Waals surface area contributed by atoms with E-state index in [1.807, 2.05) is 6.07 Å².